The number of hydrogen-bond donors (Lipinski definition) is 4. The van der Waals surface area contributed by atoms with Gasteiger partial charge in [0.05, 0.1) is 17.9 Å². The van der Waals surface area contributed by atoms with Crippen molar-refractivity contribution in [1.29, 1.82) is 0 Å². The number of anilines is 2. The van der Waals surface area contributed by atoms with E-state index in [2.05, 4.69) is 15.8 Å². The predicted octanol–water partition coefficient (Wildman–Crippen LogP) is 2.26. The highest BCUT2D eigenvalue weighted by atomic mass is 19.1. The average Bonchev–Trinajstić information content (AvgIpc) is 3.02. The second-order valence-corrected chi connectivity index (χ2v) is 6.53. The summed E-state index contributed by atoms with van der Waals surface area (Å²) in [4.78, 5) is 22.2. The standard InChI is InChI=1S/C20H23FN4O4/c1-3-25-18-14(5-4-8-22-18)17(20(28)24-29-11-13(27)10-26)19(25)23-16-7-6-12(2)9-15(16)21/h4-9,13,23,26-27H,3,10-11H2,1-2H3,(H,24,28). The number of pyridine rings is 1. The molecular weight excluding hydrogens is 379 g/mol. The van der Waals surface area contributed by atoms with Gasteiger partial charge in [-0.15, -0.1) is 0 Å². The SMILES string of the molecule is CCn1c(Nc2ccc(C)cc2F)c(C(=O)NOCC(O)CO)c2cccnc21. The molecule has 0 radical (unpaired) electrons. The van der Waals surface area contributed by atoms with Crippen molar-refractivity contribution in [1.82, 2.24) is 15.0 Å². The molecule has 0 saturated carbocycles. The van der Waals surface area contributed by atoms with Crippen LogP contribution in [0, 0.1) is 12.7 Å². The molecule has 0 bridgehead atoms. The highest BCUT2D eigenvalue weighted by Gasteiger charge is 2.24. The lowest BCUT2D eigenvalue weighted by atomic mass is 10.2. The number of carbonyl (C=O) groups is 1. The van der Waals surface area contributed by atoms with Gasteiger partial charge in [0, 0.05) is 18.1 Å². The summed E-state index contributed by atoms with van der Waals surface area (Å²) < 4.78 is 16.2. The van der Waals surface area contributed by atoms with Gasteiger partial charge in [-0.25, -0.2) is 14.9 Å². The molecule has 1 atom stereocenters. The fraction of sp³-hybridized carbons (Fsp3) is 0.300. The molecule has 0 aliphatic heterocycles. The van der Waals surface area contributed by atoms with E-state index in [1.807, 2.05) is 6.92 Å². The monoisotopic (exact) mass is 402 g/mol. The molecule has 0 spiro atoms. The summed E-state index contributed by atoms with van der Waals surface area (Å²) in [6.07, 6.45) is 0.494. The molecule has 1 aromatic carbocycles. The van der Waals surface area contributed by atoms with Crippen LogP contribution in [0.4, 0.5) is 15.9 Å². The maximum atomic E-state index is 14.4. The van der Waals surface area contributed by atoms with Gasteiger partial charge in [-0.05, 0) is 43.7 Å². The first kappa shape index (κ1) is 20.7. The lowest BCUT2D eigenvalue weighted by Gasteiger charge is -2.14. The molecule has 1 unspecified atom stereocenters. The Labute approximate surface area is 166 Å². The topological polar surface area (TPSA) is 109 Å². The molecule has 0 fully saturated rings. The number of nitrogens with zero attached hydrogens (tertiary/aromatic N) is 2. The summed E-state index contributed by atoms with van der Waals surface area (Å²) in [5.41, 5.74) is 4.05. The minimum absolute atomic E-state index is 0.221. The average molecular weight is 402 g/mol. The van der Waals surface area contributed by atoms with Crippen LogP contribution in [0.15, 0.2) is 36.5 Å². The van der Waals surface area contributed by atoms with Crippen molar-refractivity contribution in [3.8, 4) is 0 Å². The van der Waals surface area contributed by atoms with E-state index in [-0.39, 0.29) is 17.9 Å². The first-order valence-electron chi connectivity index (χ1n) is 9.17. The lowest BCUT2D eigenvalue weighted by molar-refractivity contribution is -0.0294. The number of amides is 1. The fourth-order valence-corrected chi connectivity index (χ4v) is 3.00. The molecule has 29 heavy (non-hydrogen) atoms. The molecule has 4 N–H and O–H groups in total. The van der Waals surface area contributed by atoms with Gasteiger partial charge in [-0.2, -0.15) is 0 Å². The Morgan fingerprint density at radius 3 is 2.86 bits per heavy atom. The van der Waals surface area contributed by atoms with Crippen LogP contribution in [0.1, 0.15) is 22.8 Å². The second kappa shape index (κ2) is 8.99. The van der Waals surface area contributed by atoms with E-state index in [1.165, 1.54) is 6.07 Å². The number of rotatable bonds is 8. The van der Waals surface area contributed by atoms with Crippen LogP contribution in [0.3, 0.4) is 0 Å². The van der Waals surface area contributed by atoms with Crippen LogP contribution >= 0.6 is 0 Å². The smallest absolute Gasteiger partial charge is 0.279 e. The molecule has 0 aliphatic rings. The molecule has 2 aromatic heterocycles. The Morgan fingerprint density at radius 2 is 2.17 bits per heavy atom. The number of hydrogen-bond acceptors (Lipinski definition) is 6. The van der Waals surface area contributed by atoms with Gasteiger partial charge >= 0.3 is 0 Å². The third-order valence-corrected chi connectivity index (χ3v) is 4.39. The van der Waals surface area contributed by atoms with Gasteiger partial charge < -0.3 is 20.1 Å². The Hall–Kier alpha value is -3.01. The van der Waals surface area contributed by atoms with Crippen molar-refractivity contribution in [3.05, 3.63) is 53.5 Å². The van der Waals surface area contributed by atoms with E-state index in [9.17, 15) is 14.3 Å². The van der Waals surface area contributed by atoms with Crippen LogP contribution in [0.2, 0.25) is 0 Å². The highest BCUT2D eigenvalue weighted by Crippen LogP contribution is 2.32. The second-order valence-electron chi connectivity index (χ2n) is 6.53. The van der Waals surface area contributed by atoms with Crippen molar-refractivity contribution < 1.29 is 24.2 Å². The number of benzene rings is 1. The van der Waals surface area contributed by atoms with Crippen molar-refractivity contribution in [2.24, 2.45) is 0 Å². The van der Waals surface area contributed by atoms with Crippen molar-refractivity contribution in [3.63, 3.8) is 0 Å². The number of hydroxylamine groups is 1. The molecule has 0 aliphatic carbocycles. The summed E-state index contributed by atoms with van der Waals surface area (Å²) in [5, 5.41) is 21.8. The summed E-state index contributed by atoms with van der Waals surface area (Å²) in [5.74, 6) is -0.664. The number of aliphatic hydroxyl groups excluding tert-OH is 2. The largest absolute Gasteiger partial charge is 0.394 e. The molecular formula is C20H23FN4O4. The molecule has 1 amide bonds. The minimum atomic E-state index is -1.12. The third kappa shape index (κ3) is 4.37. The van der Waals surface area contributed by atoms with E-state index in [4.69, 9.17) is 9.94 Å². The Balaban J connectivity index is 2.02. The van der Waals surface area contributed by atoms with E-state index < -0.39 is 24.4 Å². The number of aliphatic hydroxyl groups is 2. The zero-order valence-electron chi connectivity index (χ0n) is 16.1. The van der Waals surface area contributed by atoms with Crippen molar-refractivity contribution in [2.75, 3.05) is 18.5 Å². The number of fused-ring (bicyclic) bond motifs is 1. The Morgan fingerprint density at radius 1 is 1.38 bits per heavy atom. The van der Waals surface area contributed by atoms with E-state index in [1.54, 1.807) is 42.0 Å². The number of carbonyl (C=O) groups excluding carboxylic acids is 1. The summed E-state index contributed by atoms with van der Waals surface area (Å²) in [6, 6.07) is 8.21. The fourth-order valence-electron chi connectivity index (χ4n) is 3.00. The van der Waals surface area contributed by atoms with Crippen LogP contribution in [0.5, 0.6) is 0 Å². The van der Waals surface area contributed by atoms with Crippen LogP contribution in [-0.4, -0.2) is 45.0 Å². The normalized spacial score (nSPS) is 12.2. The molecule has 3 rings (SSSR count). The Kier molecular flexibility index (Phi) is 6.42. The van der Waals surface area contributed by atoms with Crippen molar-refractivity contribution in [2.45, 2.75) is 26.5 Å². The zero-order chi connectivity index (χ0) is 21.0. The molecule has 154 valence electrons. The number of aromatic nitrogens is 2. The van der Waals surface area contributed by atoms with E-state index in [0.717, 1.165) is 5.56 Å². The molecule has 3 aromatic rings. The van der Waals surface area contributed by atoms with Gasteiger partial charge in [0.2, 0.25) is 0 Å². The quantitative estimate of drug-likeness (QED) is 0.431. The molecule has 9 heteroatoms. The summed E-state index contributed by atoms with van der Waals surface area (Å²) >= 11 is 0. The van der Waals surface area contributed by atoms with Gasteiger partial charge in [-0.3, -0.25) is 9.63 Å². The summed E-state index contributed by atoms with van der Waals surface area (Å²) in [6.45, 7) is 3.40. The predicted molar refractivity (Wildman–Crippen MR) is 106 cm³/mol. The third-order valence-electron chi connectivity index (χ3n) is 4.39. The van der Waals surface area contributed by atoms with Gasteiger partial charge in [-0.1, -0.05) is 6.07 Å². The first-order valence-corrected chi connectivity index (χ1v) is 9.17. The lowest BCUT2D eigenvalue weighted by Crippen LogP contribution is -2.30. The number of aryl methyl sites for hydroxylation is 2. The number of halogens is 1. The minimum Gasteiger partial charge on any atom is -0.394 e. The molecule has 2 heterocycles. The van der Waals surface area contributed by atoms with Crippen LogP contribution in [0.25, 0.3) is 11.0 Å². The highest BCUT2D eigenvalue weighted by molar-refractivity contribution is 6.11. The Bertz CT molecular complexity index is 1020. The van der Waals surface area contributed by atoms with Gasteiger partial charge in [0.15, 0.2) is 0 Å². The van der Waals surface area contributed by atoms with E-state index in [0.29, 0.717) is 23.4 Å². The zero-order valence-corrected chi connectivity index (χ0v) is 16.1. The number of nitrogens with one attached hydrogen (secondary N) is 2. The van der Waals surface area contributed by atoms with Gasteiger partial charge in [0.1, 0.15) is 30.0 Å². The van der Waals surface area contributed by atoms with Crippen molar-refractivity contribution >= 4 is 28.4 Å². The maximum Gasteiger partial charge on any atom is 0.279 e. The van der Waals surface area contributed by atoms with E-state index >= 15 is 0 Å². The molecule has 0 saturated heterocycles. The van der Waals surface area contributed by atoms with Crippen LogP contribution in [-0.2, 0) is 11.4 Å². The van der Waals surface area contributed by atoms with Gasteiger partial charge in [0.25, 0.3) is 5.91 Å². The maximum absolute atomic E-state index is 14.4. The molecule has 8 nitrogen and oxygen atoms in total. The first-order chi connectivity index (χ1) is 14.0. The summed E-state index contributed by atoms with van der Waals surface area (Å²) in [7, 11) is 0. The van der Waals surface area contributed by atoms with Crippen LogP contribution < -0.4 is 10.8 Å².